The van der Waals surface area contributed by atoms with Gasteiger partial charge in [0.05, 0.1) is 12.5 Å². The molecule has 1 aliphatic heterocycles. The minimum Gasteiger partial charge on any atom is -0.481 e. The second kappa shape index (κ2) is 6.98. The average Bonchev–Trinajstić information content (AvgIpc) is 2.94. The monoisotopic (exact) mass is 360 g/mol. The summed E-state index contributed by atoms with van der Waals surface area (Å²) in [6, 6.07) is 2.95. The molecule has 0 bridgehead atoms. The Morgan fingerprint density at radius 2 is 2.09 bits per heavy atom. The molecule has 0 radical (unpaired) electrons. The van der Waals surface area contributed by atoms with Crippen LogP contribution in [0.25, 0.3) is 0 Å². The van der Waals surface area contributed by atoms with Crippen molar-refractivity contribution < 1.29 is 23.1 Å². The van der Waals surface area contributed by atoms with Gasteiger partial charge in [0.15, 0.2) is 0 Å². The zero-order valence-electron chi connectivity index (χ0n) is 13.0. The highest BCUT2D eigenvalue weighted by Gasteiger charge is 2.38. The lowest BCUT2D eigenvalue weighted by molar-refractivity contribution is -0.143. The lowest BCUT2D eigenvalue weighted by Crippen LogP contribution is -2.47. The standard InChI is InChI=1S/C14H20N2O5S2/c1-9-3-4-11(14(18)19)8-16(9)23(20,21)13-6-5-12(22-13)7-15-10(2)17/h5-6,9,11H,3-4,7-8H2,1-2H3,(H,15,17)(H,18,19). The van der Waals surface area contributed by atoms with Crippen molar-refractivity contribution in [3.8, 4) is 0 Å². The number of aliphatic carboxylic acids is 1. The number of piperidine rings is 1. The first-order chi connectivity index (χ1) is 10.7. The van der Waals surface area contributed by atoms with Crippen LogP contribution in [0.3, 0.4) is 0 Å². The number of amides is 1. The molecule has 9 heteroatoms. The Balaban J connectivity index is 2.19. The molecular formula is C14H20N2O5S2. The normalized spacial score (nSPS) is 22.7. The minimum atomic E-state index is -3.72. The fourth-order valence-electron chi connectivity index (χ4n) is 2.53. The van der Waals surface area contributed by atoms with Crippen molar-refractivity contribution in [3.05, 3.63) is 17.0 Å². The van der Waals surface area contributed by atoms with Crippen LogP contribution >= 0.6 is 11.3 Å². The maximum atomic E-state index is 12.8. The predicted octanol–water partition coefficient (Wildman–Crippen LogP) is 1.26. The number of rotatable bonds is 5. The zero-order valence-corrected chi connectivity index (χ0v) is 14.6. The van der Waals surface area contributed by atoms with Gasteiger partial charge in [-0.1, -0.05) is 0 Å². The van der Waals surface area contributed by atoms with E-state index in [0.29, 0.717) is 12.8 Å². The van der Waals surface area contributed by atoms with Gasteiger partial charge in [-0.3, -0.25) is 9.59 Å². The van der Waals surface area contributed by atoms with Crippen LogP contribution in [0.2, 0.25) is 0 Å². The SMILES string of the molecule is CC(=O)NCc1ccc(S(=O)(=O)N2CC(C(=O)O)CCC2C)s1. The number of thiophene rings is 1. The van der Waals surface area contributed by atoms with Crippen molar-refractivity contribution in [2.75, 3.05) is 6.54 Å². The average molecular weight is 360 g/mol. The Bertz CT molecular complexity index is 698. The summed E-state index contributed by atoms with van der Waals surface area (Å²) in [6.45, 7) is 3.47. The Kier molecular flexibility index (Phi) is 5.43. The summed E-state index contributed by atoms with van der Waals surface area (Å²) in [5.74, 6) is -1.81. The fraction of sp³-hybridized carbons (Fsp3) is 0.571. The quantitative estimate of drug-likeness (QED) is 0.823. The van der Waals surface area contributed by atoms with Crippen molar-refractivity contribution in [3.63, 3.8) is 0 Å². The Hall–Kier alpha value is -1.45. The van der Waals surface area contributed by atoms with Crippen molar-refractivity contribution in [2.45, 2.75) is 43.5 Å². The first-order valence-corrected chi connectivity index (χ1v) is 9.55. The first kappa shape index (κ1) is 17.9. The molecule has 23 heavy (non-hydrogen) atoms. The number of carbonyl (C=O) groups excluding carboxylic acids is 1. The number of hydrogen-bond acceptors (Lipinski definition) is 5. The van der Waals surface area contributed by atoms with Gasteiger partial charge in [0.2, 0.25) is 5.91 Å². The van der Waals surface area contributed by atoms with Gasteiger partial charge in [-0.25, -0.2) is 8.42 Å². The maximum Gasteiger partial charge on any atom is 0.307 e. The van der Waals surface area contributed by atoms with E-state index in [1.165, 1.54) is 17.3 Å². The third kappa shape index (κ3) is 4.10. The molecule has 1 aromatic heterocycles. The van der Waals surface area contributed by atoms with Crippen molar-refractivity contribution >= 4 is 33.2 Å². The summed E-state index contributed by atoms with van der Waals surface area (Å²) in [5.41, 5.74) is 0. The number of nitrogens with zero attached hydrogens (tertiary/aromatic N) is 1. The maximum absolute atomic E-state index is 12.8. The first-order valence-electron chi connectivity index (χ1n) is 7.29. The Morgan fingerprint density at radius 3 is 2.70 bits per heavy atom. The van der Waals surface area contributed by atoms with E-state index in [4.69, 9.17) is 5.11 Å². The van der Waals surface area contributed by atoms with Crippen LogP contribution in [-0.2, 0) is 26.2 Å². The summed E-state index contributed by atoms with van der Waals surface area (Å²) >= 11 is 1.10. The summed E-state index contributed by atoms with van der Waals surface area (Å²) in [5, 5.41) is 11.8. The molecule has 2 heterocycles. The predicted molar refractivity (Wildman–Crippen MR) is 85.6 cm³/mol. The molecule has 2 rings (SSSR count). The number of carbonyl (C=O) groups is 2. The molecule has 0 aliphatic carbocycles. The topological polar surface area (TPSA) is 104 Å². The van der Waals surface area contributed by atoms with Gasteiger partial charge in [0.1, 0.15) is 4.21 Å². The molecule has 2 N–H and O–H groups in total. The smallest absolute Gasteiger partial charge is 0.307 e. The number of sulfonamides is 1. The zero-order chi connectivity index (χ0) is 17.2. The van der Waals surface area contributed by atoms with E-state index < -0.39 is 21.9 Å². The third-order valence-corrected chi connectivity index (χ3v) is 7.42. The third-order valence-electron chi connectivity index (χ3n) is 3.89. The van der Waals surface area contributed by atoms with Gasteiger partial charge in [0, 0.05) is 24.4 Å². The van der Waals surface area contributed by atoms with E-state index in [9.17, 15) is 18.0 Å². The molecule has 1 aromatic rings. The van der Waals surface area contributed by atoms with Crippen LogP contribution in [0.5, 0.6) is 0 Å². The molecule has 0 aromatic carbocycles. The van der Waals surface area contributed by atoms with E-state index in [1.54, 1.807) is 13.0 Å². The van der Waals surface area contributed by atoms with Crippen molar-refractivity contribution in [1.82, 2.24) is 9.62 Å². The molecule has 1 saturated heterocycles. The van der Waals surface area contributed by atoms with E-state index in [-0.39, 0.29) is 29.2 Å². The molecular weight excluding hydrogens is 340 g/mol. The molecule has 1 amide bonds. The highest BCUT2D eigenvalue weighted by Crippen LogP contribution is 2.31. The highest BCUT2D eigenvalue weighted by molar-refractivity contribution is 7.91. The molecule has 1 fully saturated rings. The Labute approximate surface area is 139 Å². The van der Waals surface area contributed by atoms with Gasteiger partial charge < -0.3 is 10.4 Å². The summed E-state index contributed by atoms with van der Waals surface area (Å²) < 4.78 is 27.0. The van der Waals surface area contributed by atoms with Crippen molar-refractivity contribution in [2.24, 2.45) is 5.92 Å². The fourth-order valence-corrected chi connectivity index (χ4v) is 5.66. The van der Waals surface area contributed by atoms with Crippen LogP contribution in [0.15, 0.2) is 16.3 Å². The second-order valence-corrected chi connectivity index (χ2v) is 8.95. The highest BCUT2D eigenvalue weighted by atomic mass is 32.2. The van der Waals surface area contributed by atoms with Gasteiger partial charge >= 0.3 is 5.97 Å². The molecule has 0 saturated carbocycles. The van der Waals surface area contributed by atoms with Crippen LogP contribution in [0, 0.1) is 5.92 Å². The summed E-state index contributed by atoms with van der Waals surface area (Å²) in [7, 11) is -3.72. The van der Waals surface area contributed by atoms with E-state index in [1.807, 2.05) is 0 Å². The minimum absolute atomic E-state index is 0.00222. The molecule has 128 valence electrons. The van der Waals surface area contributed by atoms with Gasteiger partial charge in [-0.2, -0.15) is 4.31 Å². The second-order valence-electron chi connectivity index (χ2n) is 5.67. The largest absolute Gasteiger partial charge is 0.481 e. The summed E-state index contributed by atoms with van der Waals surface area (Å²) in [4.78, 5) is 22.8. The number of carboxylic acids is 1. The van der Waals surface area contributed by atoms with E-state index in [2.05, 4.69) is 5.32 Å². The van der Waals surface area contributed by atoms with Crippen LogP contribution in [-0.4, -0.2) is 42.3 Å². The van der Waals surface area contributed by atoms with Crippen LogP contribution < -0.4 is 5.32 Å². The Morgan fingerprint density at radius 1 is 1.39 bits per heavy atom. The number of carboxylic acid groups (broad SMARTS) is 1. The molecule has 2 unspecified atom stereocenters. The lowest BCUT2D eigenvalue weighted by atomic mass is 9.96. The van der Waals surface area contributed by atoms with E-state index in [0.717, 1.165) is 16.2 Å². The van der Waals surface area contributed by atoms with Gasteiger partial charge in [-0.05, 0) is 31.9 Å². The van der Waals surface area contributed by atoms with Crippen molar-refractivity contribution in [1.29, 1.82) is 0 Å². The van der Waals surface area contributed by atoms with Gasteiger partial charge in [0.25, 0.3) is 10.0 Å². The van der Waals surface area contributed by atoms with Gasteiger partial charge in [-0.15, -0.1) is 11.3 Å². The van der Waals surface area contributed by atoms with Crippen LogP contribution in [0.4, 0.5) is 0 Å². The summed E-state index contributed by atoms with van der Waals surface area (Å²) in [6.07, 6.45) is 1.01. The molecule has 7 nitrogen and oxygen atoms in total. The lowest BCUT2D eigenvalue weighted by Gasteiger charge is -2.34. The number of nitrogens with one attached hydrogen (secondary N) is 1. The van der Waals surface area contributed by atoms with E-state index >= 15 is 0 Å². The molecule has 0 spiro atoms. The number of hydrogen-bond donors (Lipinski definition) is 2. The van der Waals surface area contributed by atoms with Crippen LogP contribution in [0.1, 0.15) is 31.6 Å². The molecule has 2 atom stereocenters. The molecule has 1 aliphatic rings.